The lowest BCUT2D eigenvalue weighted by Gasteiger charge is -2.26. The largest absolute Gasteiger partial charge is 0.356 e. The van der Waals surface area contributed by atoms with Crippen LogP contribution in [0.5, 0.6) is 0 Å². The first-order valence-corrected chi connectivity index (χ1v) is 10.7. The first kappa shape index (κ1) is 27.0. The zero-order valence-electron chi connectivity index (χ0n) is 18.9. The number of ketones is 1. The Kier molecular flexibility index (Phi) is 13.9. The summed E-state index contributed by atoms with van der Waals surface area (Å²) in [4.78, 5) is 47.4. The maximum absolute atomic E-state index is 12.6. The molecule has 0 rings (SSSR count). The maximum Gasteiger partial charge on any atom is 0.239 e. The van der Waals surface area contributed by atoms with E-state index in [4.69, 9.17) is 0 Å². The van der Waals surface area contributed by atoms with Crippen molar-refractivity contribution in [2.75, 3.05) is 13.1 Å². The molecule has 0 saturated heterocycles. The number of hydrogen-bond acceptors (Lipinski definition) is 5. The Labute approximate surface area is 175 Å². The average molecular weight is 413 g/mol. The number of nitrogens with one attached hydrogen (secondary N) is 4. The van der Waals surface area contributed by atoms with Crippen LogP contribution in [-0.2, 0) is 19.2 Å². The van der Waals surface area contributed by atoms with Gasteiger partial charge in [0.2, 0.25) is 17.7 Å². The van der Waals surface area contributed by atoms with Gasteiger partial charge >= 0.3 is 0 Å². The lowest BCUT2D eigenvalue weighted by Crippen LogP contribution is -2.53. The van der Waals surface area contributed by atoms with Crippen LogP contribution in [0.2, 0.25) is 0 Å². The van der Waals surface area contributed by atoms with Crippen LogP contribution in [0.1, 0.15) is 73.6 Å². The molecular formula is C21H40N4O4. The van der Waals surface area contributed by atoms with Crippen molar-refractivity contribution < 1.29 is 19.2 Å². The van der Waals surface area contributed by atoms with E-state index in [-0.39, 0.29) is 48.1 Å². The summed E-state index contributed by atoms with van der Waals surface area (Å²) in [5.41, 5.74) is 0. The Balaban J connectivity index is 4.53. The molecule has 0 aliphatic heterocycles. The summed E-state index contributed by atoms with van der Waals surface area (Å²) in [6, 6.07) is -0.742. The van der Waals surface area contributed by atoms with Crippen molar-refractivity contribution in [3.05, 3.63) is 0 Å². The summed E-state index contributed by atoms with van der Waals surface area (Å²) in [6.07, 6.45) is 3.68. The highest BCUT2D eigenvalue weighted by Gasteiger charge is 2.25. The summed E-state index contributed by atoms with van der Waals surface area (Å²) in [7, 11) is 0. The minimum atomic E-state index is -0.583. The molecule has 0 aromatic rings. The van der Waals surface area contributed by atoms with Gasteiger partial charge < -0.3 is 21.3 Å². The van der Waals surface area contributed by atoms with Gasteiger partial charge in [0.15, 0.2) is 5.78 Å². The topological polar surface area (TPSA) is 116 Å². The minimum absolute atomic E-state index is 0.0873. The fourth-order valence-electron chi connectivity index (χ4n) is 2.80. The van der Waals surface area contributed by atoms with Crippen molar-refractivity contribution in [1.82, 2.24) is 21.3 Å². The first-order chi connectivity index (χ1) is 13.6. The smallest absolute Gasteiger partial charge is 0.239 e. The van der Waals surface area contributed by atoms with E-state index >= 15 is 0 Å². The third-order valence-corrected chi connectivity index (χ3v) is 5.11. The lowest BCUT2D eigenvalue weighted by molar-refractivity contribution is -0.129. The van der Waals surface area contributed by atoms with Crippen molar-refractivity contribution in [3.8, 4) is 0 Å². The van der Waals surface area contributed by atoms with Gasteiger partial charge in [0, 0.05) is 19.5 Å². The van der Waals surface area contributed by atoms with Gasteiger partial charge in [-0.25, -0.2) is 0 Å². The summed E-state index contributed by atoms with van der Waals surface area (Å²) in [6.45, 7) is 11.4. The highest BCUT2D eigenvalue weighted by molar-refractivity contribution is 5.91. The van der Waals surface area contributed by atoms with Crippen LogP contribution in [0, 0.1) is 5.92 Å². The fourth-order valence-corrected chi connectivity index (χ4v) is 2.80. The quantitative estimate of drug-likeness (QED) is 0.302. The van der Waals surface area contributed by atoms with Crippen LogP contribution >= 0.6 is 0 Å². The van der Waals surface area contributed by atoms with Gasteiger partial charge in [0.05, 0.1) is 18.6 Å². The molecule has 8 nitrogen and oxygen atoms in total. The van der Waals surface area contributed by atoms with Gasteiger partial charge in [-0.1, -0.05) is 27.2 Å². The molecule has 0 bridgehead atoms. The van der Waals surface area contributed by atoms with E-state index in [0.717, 1.165) is 19.3 Å². The zero-order chi connectivity index (χ0) is 22.4. The van der Waals surface area contributed by atoms with E-state index in [1.165, 1.54) is 13.8 Å². The Hall–Kier alpha value is -1.96. The van der Waals surface area contributed by atoms with Crippen LogP contribution in [0.25, 0.3) is 0 Å². The molecule has 4 atom stereocenters. The van der Waals surface area contributed by atoms with Crippen molar-refractivity contribution >= 4 is 23.5 Å². The molecular weight excluding hydrogens is 372 g/mol. The number of hydrogen-bond donors (Lipinski definition) is 4. The molecule has 0 aromatic carbocycles. The molecule has 4 N–H and O–H groups in total. The van der Waals surface area contributed by atoms with Crippen LogP contribution in [0.3, 0.4) is 0 Å². The molecule has 0 aliphatic rings. The monoisotopic (exact) mass is 412 g/mol. The van der Waals surface area contributed by atoms with Gasteiger partial charge in [0.1, 0.15) is 0 Å². The third-order valence-electron chi connectivity index (χ3n) is 5.11. The molecule has 168 valence electrons. The van der Waals surface area contributed by atoms with Crippen molar-refractivity contribution in [1.29, 1.82) is 0 Å². The Morgan fingerprint density at radius 3 is 2.07 bits per heavy atom. The highest BCUT2D eigenvalue weighted by Crippen LogP contribution is 2.09. The third kappa shape index (κ3) is 12.3. The number of carbonyl (C=O) groups excluding carboxylic acids is 4. The number of Topliss-reactive ketones (excluding diaryl/α,β-unsaturated/α-hetero) is 1. The summed E-state index contributed by atoms with van der Waals surface area (Å²) in [5, 5.41) is 11.4. The van der Waals surface area contributed by atoms with E-state index in [1.54, 1.807) is 0 Å². The SMILES string of the molecule is CCC(C)NC(C(=O)NCC(=O)N[C@@H](CCCCNC(C)=O)C(C)=O)[C@@H](C)CC. The lowest BCUT2D eigenvalue weighted by atomic mass is 9.97. The Morgan fingerprint density at radius 1 is 0.897 bits per heavy atom. The molecule has 2 unspecified atom stereocenters. The first-order valence-electron chi connectivity index (χ1n) is 10.7. The molecule has 3 amide bonds. The maximum atomic E-state index is 12.6. The second kappa shape index (κ2) is 15.0. The minimum Gasteiger partial charge on any atom is -0.356 e. The van der Waals surface area contributed by atoms with E-state index in [0.29, 0.717) is 19.4 Å². The average Bonchev–Trinajstić information content (AvgIpc) is 2.67. The van der Waals surface area contributed by atoms with Crippen molar-refractivity contribution in [3.63, 3.8) is 0 Å². The molecule has 29 heavy (non-hydrogen) atoms. The molecule has 0 aromatic heterocycles. The summed E-state index contributed by atoms with van der Waals surface area (Å²) >= 11 is 0. The number of carbonyl (C=O) groups is 4. The van der Waals surface area contributed by atoms with Crippen LogP contribution < -0.4 is 21.3 Å². The molecule has 8 heteroatoms. The summed E-state index contributed by atoms with van der Waals surface area (Å²) < 4.78 is 0. The van der Waals surface area contributed by atoms with E-state index < -0.39 is 6.04 Å². The predicted octanol–water partition coefficient (Wildman–Crippen LogP) is 1.29. The van der Waals surface area contributed by atoms with Crippen LogP contribution in [-0.4, -0.2) is 54.7 Å². The summed E-state index contributed by atoms with van der Waals surface area (Å²) in [5.74, 6) is -0.659. The van der Waals surface area contributed by atoms with Crippen LogP contribution in [0.15, 0.2) is 0 Å². The van der Waals surface area contributed by atoms with Gasteiger partial charge in [-0.3, -0.25) is 19.2 Å². The molecule has 0 heterocycles. The predicted molar refractivity (Wildman–Crippen MR) is 114 cm³/mol. The highest BCUT2D eigenvalue weighted by atomic mass is 16.2. The molecule has 0 spiro atoms. The number of rotatable bonds is 15. The zero-order valence-corrected chi connectivity index (χ0v) is 18.9. The molecule has 0 saturated carbocycles. The molecule has 0 radical (unpaired) electrons. The number of amides is 3. The normalized spacial score (nSPS) is 15.0. The Bertz CT molecular complexity index is 539. The second-order valence-electron chi connectivity index (χ2n) is 7.77. The fraction of sp³-hybridized carbons (Fsp3) is 0.810. The molecule has 0 fully saturated rings. The standard InChI is InChI=1S/C21H40N4O4/c1-7-14(3)20(24-15(4)8-2)21(29)23-13-19(28)25-18(16(5)26)11-9-10-12-22-17(6)27/h14-15,18,20,24H,7-13H2,1-6H3,(H,22,27)(H,23,29)(H,25,28)/t14-,15?,18-,20?/m0/s1. The van der Waals surface area contributed by atoms with Gasteiger partial charge in [-0.15, -0.1) is 0 Å². The Morgan fingerprint density at radius 2 is 1.55 bits per heavy atom. The van der Waals surface area contributed by atoms with Gasteiger partial charge in [0.25, 0.3) is 0 Å². The van der Waals surface area contributed by atoms with Crippen LogP contribution in [0.4, 0.5) is 0 Å². The molecule has 0 aliphatic carbocycles. The van der Waals surface area contributed by atoms with Gasteiger partial charge in [-0.05, 0) is 45.4 Å². The van der Waals surface area contributed by atoms with Gasteiger partial charge in [-0.2, -0.15) is 0 Å². The number of unbranched alkanes of at least 4 members (excludes halogenated alkanes) is 1. The van der Waals surface area contributed by atoms with Crippen molar-refractivity contribution in [2.24, 2.45) is 5.92 Å². The van der Waals surface area contributed by atoms with E-state index in [1.807, 2.05) is 20.8 Å². The van der Waals surface area contributed by atoms with Crippen molar-refractivity contribution in [2.45, 2.75) is 91.8 Å². The van der Waals surface area contributed by atoms with E-state index in [9.17, 15) is 19.2 Å². The second-order valence-corrected chi connectivity index (χ2v) is 7.77. The van der Waals surface area contributed by atoms with E-state index in [2.05, 4.69) is 28.2 Å².